The third-order valence-electron chi connectivity index (χ3n) is 5.00. The fraction of sp³-hybridized carbons (Fsp3) is 0.684. The molecular weight excluding hydrogens is 436 g/mol. The molecule has 14 nitrogen and oxygen atoms in total. The van der Waals surface area contributed by atoms with Crippen molar-refractivity contribution in [3.05, 3.63) is 0 Å². The summed E-state index contributed by atoms with van der Waals surface area (Å²) in [4.78, 5) is 63.8. The van der Waals surface area contributed by atoms with Crippen LogP contribution in [-0.4, -0.2) is 77.9 Å². The average molecular weight is 471 g/mol. The molecule has 1 aliphatic rings. The lowest BCUT2D eigenvalue weighted by molar-refractivity contribution is -0.142. The topological polar surface area (TPSA) is 244 Å². The molecule has 11 N–H and O–H groups in total. The van der Waals surface area contributed by atoms with Crippen molar-refractivity contribution < 1.29 is 29.1 Å². The fourth-order valence-electron chi connectivity index (χ4n) is 3.17. The highest BCUT2D eigenvalue weighted by molar-refractivity contribution is 5.94. The molecule has 1 fully saturated rings. The Bertz CT molecular complexity index is 749. The molecule has 4 atom stereocenters. The highest BCUT2D eigenvalue weighted by Crippen LogP contribution is 2.07. The zero-order chi connectivity index (χ0) is 25.0. The first-order valence-corrected chi connectivity index (χ1v) is 10.7. The molecule has 0 spiro atoms. The molecule has 186 valence electrons. The molecule has 1 rings (SSSR count). The van der Waals surface area contributed by atoms with E-state index < -0.39 is 47.9 Å². The Hall–Kier alpha value is -3.42. The van der Waals surface area contributed by atoms with E-state index in [0.717, 1.165) is 6.42 Å². The number of hydrogen-bond donors (Lipinski definition) is 8. The molecule has 1 saturated heterocycles. The van der Waals surface area contributed by atoms with Gasteiger partial charge in [0.25, 0.3) is 0 Å². The number of nitrogens with zero attached hydrogens (tertiary/aromatic N) is 1. The molecule has 0 aromatic rings. The molecule has 0 bridgehead atoms. The van der Waals surface area contributed by atoms with E-state index in [-0.39, 0.29) is 37.7 Å². The van der Waals surface area contributed by atoms with Gasteiger partial charge in [-0.25, -0.2) is 4.79 Å². The Labute approximate surface area is 191 Å². The van der Waals surface area contributed by atoms with Crippen LogP contribution in [0.4, 0.5) is 0 Å². The molecule has 0 aromatic carbocycles. The van der Waals surface area contributed by atoms with Gasteiger partial charge in [0.15, 0.2) is 5.96 Å². The first-order chi connectivity index (χ1) is 15.5. The quantitative estimate of drug-likeness (QED) is 0.0715. The van der Waals surface area contributed by atoms with E-state index in [9.17, 15) is 29.1 Å². The second kappa shape index (κ2) is 13.9. The molecule has 0 aromatic heterocycles. The van der Waals surface area contributed by atoms with Gasteiger partial charge >= 0.3 is 5.97 Å². The van der Waals surface area contributed by atoms with Crippen molar-refractivity contribution in [2.24, 2.45) is 22.2 Å². The lowest BCUT2D eigenvalue weighted by Gasteiger charge is -2.23. The number of amides is 4. The number of carbonyl (C=O) groups is 5. The maximum absolute atomic E-state index is 12.7. The van der Waals surface area contributed by atoms with Crippen LogP contribution in [0.1, 0.15) is 45.4 Å². The van der Waals surface area contributed by atoms with Gasteiger partial charge in [0.2, 0.25) is 23.6 Å². The molecule has 4 amide bonds. The normalized spacial score (nSPS) is 17.8. The van der Waals surface area contributed by atoms with Crippen molar-refractivity contribution in [1.29, 1.82) is 0 Å². The van der Waals surface area contributed by atoms with E-state index in [1.165, 1.54) is 6.92 Å². The van der Waals surface area contributed by atoms with E-state index >= 15 is 0 Å². The highest BCUT2D eigenvalue weighted by atomic mass is 16.4. The second-order valence-electron chi connectivity index (χ2n) is 7.79. The van der Waals surface area contributed by atoms with Gasteiger partial charge in [-0.3, -0.25) is 24.2 Å². The maximum Gasteiger partial charge on any atom is 0.326 e. The number of hydrogen-bond acceptors (Lipinski definition) is 7. The Morgan fingerprint density at radius 2 is 1.73 bits per heavy atom. The largest absolute Gasteiger partial charge is 0.480 e. The van der Waals surface area contributed by atoms with E-state index in [2.05, 4.69) is 26.3 Å². The summed E-state index contributed by atoms with van der Waals surface area (Å²) >= 11 is 0. The zero-order valence-electron chi connectivity index (χ0n) is 18.6. The molecular formula is C19H34N8O6. The number of primary amides is 1. The summed E-state index contributed by atoms with van der Waals surface area (Å²) in [6.07, 6.45) is 1.64. The van der Waals surface area contributed by atoms with Crippen LogP contribution in [0.3, 0.4) is 0 Å². The summed E-state index contributed by atoms with van der Waals surface area (Å²) in [5.41, 5.74) is 15.6. The van der Waals surface area contributed by atoms with Crippen molar-refractivity contribution in [2.75, 3.05) is 13.1 Å². The minimum Gasteiger partial charge on any atom is -0.480 e. The second-order valence-corrected chi connectivity index (χ2v) is 7.79. The summed E-state index contributed by atoms with van der Waals surface area (Å²) in [7, 11) is 0. The number of nitrogens with one attached hydrogen (secondary N) is 4. The number of guanidine groups is 1. The molecule has 0 radical (unpaired) electrons. The van der Waals surface area contributed by atoms with Crippen molar-refractivity contribution in [3.8, 4) is 0 Å². The highest BCUT2D eigenvalue weighted by Gasteiger charge is 2.30. The molecule has 33 heavy (non-hydrogen) atoms. The van der Waals surface area contributed by atoms with Crippen LogP contribution in [0.5, 0.6) is 0 Å². The van der Waals surface area contributed by atoms with Gasteiger partial charge in [-0.15, -0.1) is 0 Å². The van der Waals surface area contributed by atoms with E-state index in [0.29, 0.717) is 19.4 Å². The third kappa shape index (κ3) is 10.6. The molecule has 1 heterocycles. The van der Waals surface area contributed by atoms with Crippen molar-refractivity contribution >= 4 is 35.6 Å². The van der Waals surface area contributed by atoms with Crippen LogP contribution in [-0.2, 0) is 24.0 Å². The number of carbonyl (C=O) groups excluding carboxylic acids is 4. The van der Waals surface area contributed by atoms with Crippen molar-refractivity contribution in [1.82, 2.24) is 21.3 Å². The number of rotatable bonds is 14. The summed E-state index contributed by atoms with van der Waals surface area (Å²) in [6.45, 7) is 2.26. The number of carboxylic acids is 1. The van der Waals surface area contributed by atoms with Crippen LogP contribution >= 0.6 is 0 Å². The average Bonchev–Trinajstić information content (AvgIpc) is 3.27. The predicted molar refractivity (Wildman–Crippen MR) is 118 cm³/mol. The van der Waals surface area contributed by atoms with Crippen LogP contribution in [0.25, 0.3) is 0 Å². The number of aliphatic carboxylic acids is 1. The standard InChI is InChI=1S/C19H34N8O6/c1-10(15(29)27-13(18(32)33)5-3-9-24-19(21)22)25-17(31)12(6-7-14(20)28)26-16(30)11-4-2-8-23-11/h10-13,23H,2-9H2,1H3,(H2,20,28)(H,25,31)(H,26,30)(H,27,29)(H,32,33)(H4,21,22,24). The monoisotopic (exact) mass is 470 g/mol. The lowest BCUT2D eigenvalue weighted by atomic mass is 10.1. The van der Waals surface area contributed by atoms with E-state index in [1.807, 2.05) is 0 Å². The Balaban J connectivity index is 2.68. The number of aliphatic imine (C=N–C) groups is 1. The zero-order valence-corrected chi connectivity index (χ0v) is 18.6. The van der Waals surface area contributed by atoms with Gasteiger partial charge < -0.3 is 43.6 Å². The number of nitrogens with two attached hydrogens (primary N) is 3. The molecule has 0 saturated carbocycles. The van der Waals surface area contributed by atoms with Crippen molar-refractivity contribution in [3.63, 3.8) is 0 Å². The lowest BCUT2D eigenvalue weighted by Crippen LogP contribution is -2.56. The smallest absolute Gasteiger partial charge is 0.326 e. The maximum atomic E-state index is 12.7. The number of carboxylic acid groups (broad SMARTS) is 1. The molecule has 0 aliphatic carbocycles. The Morgan fingerprint density at radius 1 is 1.03 bits per heavy atom. The molecule has 14 heteroatoms. The van der Waals surface area contributed by atoms with Crippen molar-refractivity contribution in [2.45, 2.75) is 69.6 Å². The Kier molecular flexibility index (Phi) is 11.6. The van der Waals surface area contributed by atoms with Crippen LogP contribution < -0.4 is 38.5 Å². The minimum atomic E-state index is -1.25. The van der Waals surface area contributed by atoms with Gasteiger partial charge in [0.05, 0.1) is 6.04 Å². The predicted octanol–water partition coefficient (Wildman–Crippen LogP) is -3.38. The summed E-state index contributed by atoms with van der Waals surface area (Å²) in [5.74, 6) is -3.82. The summed E-state index contributed by atoms with van der Waals surface area (Å²) < 4.78 is 0. The first kappa shape index (κ1) is 27.6. The summed E-state index contributed by atoms with van der Waals surface area (Å²) in [5, 5.41) is 19.7. The molecule has 1 aliphatic heterocycles. The van der Waals surface area contributed by atoms with Crippen LogP contribution in [0.15, 0.2) is 4.99 Å². The SMILES string of the molecule is CC(NC(=O)C(CCC(N)=O)NC(=O)C1CCCN1)C(=O)NC(CCCN=C(N)N)C(=O)O. The minimum absolute atomic E-state index is 0.0451. The van der Waals surface area contributed by atoms with Gasteiger partial charge in [-0.1, -0.05) is 0 Å². The van der Waals surface area contributed by atoms with Gasteiger partial charge in [-0.05, 0) is 45.6 Å². The molecule has 4 unspecified atom stereocenters. The van der Waals surface area contributed by atoms with E-state index in [4.69, 9.17) is 17.2 Å². The van der Waals surface area contributed by atoms with Crippen LogP contribution in [0.2, 0.25) is 0 Å². The van der Waals surface area contributed by atoms with Gasteiger partial charge in [0.1, 0.15) is 18.1 Å². The van der Waals surface area contributed by atoms with Crippen LogP contribution in [0, 0.1) is 0 Å². The summed E-state index contributed by atoms with van der Waals surface area (Å²) in [6, 6.07) is -3.83. The van der Waals surface area contributed by atoms with Gasteiger partial charge in [-0.2, -0.15) is 0 Å². The van der Waals surface area contributed by atoms with Gasteiger partial charge in [0, 0.05) is 13.0 Å². The first-order valence-electron chi connectivity index (χ1n) is 10.7. The van der Waals surface area contributed by atoms with E-state index in [1.54, 1.807) is 0 Å². The third-order valence-corrected chi connectivity index (χ3v) is 5.00. The Morgan fingerprint density at radius 3 is 2.27 bits per heavy atom. The fourth-order valence-corrected chi connectivity index (χ4v) is 3.17.